The van der Waals surface area contributed by atoms with Gasteiger partial charge in [0.2, 0.25) is 13.4 Å². The fourth-order valence-corrected chi connectivity index (χ4v) is 6.91. The molecule has 0 spiro atoms. The van der Waals surface area contributed by atoms with E-state index in [4.69, 9.17) is 0 Å². The van der Waals surface area contributed by atoms with Crippen molar-refractivity contribution in [1.82, 2.24) is 0 Å². The lowest BCUT2D eigenvalue weighted by molar-refractivity contribution is 1.48. The van der Waals surface area contributed by atoms with Crippen molar-refractivity contribution in [3.05, 3.63) is 168 Å². The van der Waals surface area contributed by atoms with Crippen LogP contribution in [0.4, 0.5) is 0 Å². The highest BCUT2D eigenvalue weighted by atomic mass is 14.1. The van der Waals surface area contributed by atoms with Crippen LogP contribution in [0.2, 0.25) is 0 Å². The lowest BCUT2D eigenvalue weighted by Gasteiger charge is -2.26. The molecule has 44 heavy (non-hydrogen) atoms. The van der Waals surface area contributed by atoms with Crippen molar-refractivity contribution in [2.75, 3.05) is 0 Å². The molecule has 2 heteroatoms. The van der Waals surface area contributed by atoms with E-state index in [9.17, 15) is 0 Å². The molecule has 0 bridgehead atoms. The Balaban J connectivity index is 1.60. The second kappa shape index (κ2) is 11.7. The van der Waals surface area contributed by atoms with Crippen molar-refractivity contribution < 1.29 is 0 Å². The molecule has 0 aliphatic rings. The number of hydrogen-bond donors (Lipinski definition) is 0. The molecule has 0 saturated heterocycles. The van der Waals surface area contributed by atoms with Gasteiger partial charge in [-0.3, -0.25) is 0 Å². The van der Waals surface area contributed by atoms with E-state index in [1.54, 1.807) is 0 Å². The van der Waals surface area contributed by atoms with Gasteiger partial charge in [-0.25, -0.2) is 0 Å². The first-order chi connectivity index (χ1) is 21.5. The van der Waals surface area contributed by atoms with E-state index in [1.807, 2.05) is 0 Å². The Hall–Kier alpha value is -4.81. The predicted octanol–water partition coefficient (Wildman–Crippen LogP) is 6.26. The Bertz CT molecular complexity index is 1770. The fourth-order valence-electron chi connectivity index (χ4n) is 6.91. The monoisotopic (exact) mass is 562 g/mol. The molecule has 0 nitrogen and oxygen atoms in total. The summed E-state index contributed by atoms with van der Waals surface area (Å²) in [5, 5.41) is 5.27. The molecule has 0 radical (unpaired) electrons. The molecule has 7 rings (SSSR count). The van der Waals surface area contributed by atoms with E-state index in [0.29, 0.717) is 0 Å². The molecule has 210 valence electrons. The molecule has 0 amide bonds. The third-order valence-electron chi connectivity index (χ3n) is 9.23. The Labute approximate surface area is 262 Å². The summed E-state index contributed by atoms with van der Waals surface area (Å²) in [5.41, 5.74) is 13.1. The first-order valence-corrected chi connectivity index (χ1v) is 15.7. The van der Waals surface area contributed by atoms with Gasteiger partial charge in [0.25, 0.3) is 0 Å². The number of aryl methyl sites for hydroxylation is 4. The largest absolute Gasteiger partial charge is 0.242 e. The minimum atomic E-state index is 0.0947. The highest BCUT2D eigenvalue weighted by Gasteiger charge is 2.31. The standard InChI is InChI=1S/C42H36B2/c1-29-13-21-33(22-14-29)43(34-23-15-30(2)16-24-34)41-37-9-5-7-11-39(37)42(40-12-8-6-10-38(40)41)44(35-25-17-31(3)18-26-35)36-27-19-32(4)20-28-36/h5-28H,1-4H3. The van der Waals surface area contributed by atoms with Gasteiger partial charge in [0.05, 0.1) is 0 Å². The third kappa shape index (κ3) is 5.16. The summed E-state index contributed by atoms with van der Waals surface area (Å²) >= 11 is 0. The maximum atomic E-state index is 2.34. The maximum absolute atomic E-state index is 2.34. The lowest BCUT2D eigenvalue weighted by Crippen LogP contribution is -2.55. The van der Waals surface area contributed by atoms with Crippen molar-refractivity contribution in [2.45, 2.75) is 27.7 Å². The van der Waals surface area contributed by atoms with Crippen LogP contribution in [0.15, 0.2) is 146 Å². The van der Waals surface area contributed by atoms with E-state index < -0.39 is 0 Å². The smallest absolute Gasteiger partial charge is 0.0686 e. The average Bonchev–Trinajstić information content (AvgIpc) is 3.05. The molecule has 0 saturated carbocycles. The van der Waals surface area contributed by atoms with E-state index in [2.05, 4.69) is 173 Å². The second-order valence-corrected chi connectivity index (χ2v) is 12.4. The quantitative estimate of drug-likeness (QED) is 0.166. The van der Waals surface area contributed by atoms with Crippen molar-refractivity contribution >= 4 is 67.7 Å². The molecule has 0 atom stereocenters. The molecule has 0 aliphatic heterocycles. The maximum Gasteiger partial charge on any atom is 0.242 e. The zero-order valence-electron chi connectivity index (χ0n) is 26.0. The van der Waals surface area contributed by atoms with Gasteiger partial charge in [0, 0.05) is 0 Å². The van der Waals surface area contributed by atoms with Gasteiger partial charge in [-0.15, -0.1) is 0 Å². The highest BCUT2D eigenvalue weighted by Crippen LogP contribution is 2.22. The molecular weight excluding hydrogens is 526 g/mol. The van der Waals surface area contributed by atoms with Crippen LogP contribution in [0.25, 0.3) is 21.5 Å². The minimum Gasteiger partial charge on any atom is -0.0686 e. The predicted molar refractivity (Wildman–Crippen MR) is 195 cm³/mol. The van der Waals surface area contributed by atoms with Gasteiger partial charge in [-0.1, -0.05) is 201 Å². The molecule has 0 heterocycles. The van der Waals surface area contributed by atoms with E-state index in [1.165, 1.54) is 76.6 Å². The van der Waals surface area contributed by atoms with Crippen LogP contribution in [0, 0.1) is 27.7 Å². The second-order valence-electron chi connectivity index (χ2n) is 12.4. The average molecular weight is 562 g/mol. The lowest BCUT2D eigenvalue weighted by atomic mass is 9.33. The Morgan fingerprint density at radius 3 is 0.682 bits per heavy atom. The zero-order chi connectivity index (χ0) is 30.2. The number of rotatable bonds is 6. The van der Waals surface area contributed by atoms with Gasteiger partial charge in [-0.05, 0) is 49.2 Å². The van der Waals surface area contributed by atoms with Crippen LogP contribution >= 0.6 is 0 Å². The van der Waals surface area contributed by atoms with Gasteiger partial charge < -0.3 is 0 Å². The normalized spacial score (nSPS) is 11.2. The molecule has 7 aromatic rings. The van der Waals surface area contributed by atoms with E-state index in [0.717, 1.165) is 0 Å². The van der Waals surface area contributed by atoms with Crippen molar-refractivity contribution in [1.29, 1.82) is 0 Å². The van der Waals surface area contributed by atoms with Gasteiger partial charge in [-0.2, -0.15) is 0 Å². The minimum absolute atomic E-state index is 0.0947. The van der Waals surface area contributed by atoms with Crippen molar-refractivity contribution in [2.24, 2.45) is 0 Å². The molecule has 7 aromatic carbocycles. The zero-order valence-corrected chi connectivity index (χ0v) is 26.0. The third-order valence-corrected chi connectivity index (χ3v) is 9.23. The molecule has 0 fully saturated rings. The summed E-state index contributed by atoms with van der Waals surface area (Å²) in [6, 6.07) is 54.8. The van der Waals surface area contributed by atoms with Crippen LogP contribution in [-0.4, -0.2) is 13.4 Å². The Morgan fingerprint density at radius 1 is 0.273 bits per heavy atom. The summed E-state index contributed by atoms with van der Waals surface area (Å²) in [7, 11) is 0. The summed E-state index contributed by atoms with van der Waals surface area (Å²) in [4.78, 5) is 0. The van der Waals surface area contributed by atoms with Crippen LogP contribution in [0.1, 0.15) is 22.3 Å². The van der Waals surface area contributed by atoms with Gasteiger partial charge in [0.1, 0.15) is 0 Å². The van der Waals surface area contributed by atoms with E-state index >= 15 is 0 Å². The van der Waals surface area contributed by atoms with Crippen LogP contribution in [-0.2, 0) is 0 Å². The van der Waals surface area contributed by atoms with Gasteiger partial charge >= 0.3 is 0 Å². The first kappa shape index (κ1) is 28.0. The number of fused-ring (bicyclic) bond motifs is 2. The SMILES string of the molecule is Cc1ccc(B(c2ccc(C)cc2)c2c3ccccc3c(B(c3ccc(C)cc3)c3ccc(C)cc3)c3ccccc23)cc1. The number of benzene rings is 7. The Kier molecular flexibility index (Phi) is 7.44. The topological polar surface area (TPSA) is 0 Å². The van der Waals surface area contributed by atoms with Gasteiger partial charge in [0.15, 0.2) is 0 Å². The molecule has 0 N–H and O–H groups in total. The van der Waals surface area contributed by atoms with E-state index in [-0.39, 0.29) is 13.4 Å². The molecular formula is C42H36B2. The molecule has 0 unspecified atom stereocenters. The summed E-state index contributed by atoms with van der Waals surface area (Å²) < 4.78 is 0. The van der Waals surface area contributed by atoms with Crippen LogP contribution < -0.4 is 32.8 Å². The molecule has 0 aromatic heterocycles. The Morgan fingerprint density at radius 2 is 0.477 bits per heavy atom. The summed E-state index contributed by atoms with van der Waals surface area (Å²) in [6.45, 7) is 8.86. The fraction of sp³-hybridized carbons (Fsp3) is 0.0952. The van der Waals surface area contributed by atoms with Crippen molar-refractivity contribution in [3.63, 3.8) is 0 Å². The summed E-state index contributed by atoms with van der Waals surface area (Å²) in [5.74, 6) is 0. The summed E-state index contributed by atoms with van der Waals surface area (Å²) in [6.07, 6.45) is 0. The van der Waals surface area contributed by atoms with Crippen LogP contribution in [0.3, 0.4) is 0 Å². The highest BCUT2D eigenvalue weighted by molar-refractivity contribution is 7.01. The first-order valence-electron chi connectivity index (χ1n) is 15.7. The van der Waals surface area contributed by atoms with Crippen molar-refractivity contribution in [3.8, 4) is 0 Å². The number of hydrogen-bond acceptors (Lipinski definition) is 0. The van der Waals surface area contributed by atoms with Crippen LogP contribution in [0.5, 0.6) is 0 Å². The molecule has 0 aliphatic carbocycles.